The van der Waals surface area contributed by atoms with E-state index in [2.05, 4.69) is 48.7 Å². The lowest BCUT2D eigenvalue weighted by Crippen LogP contribution is -2.39. The summed E-state index contributed by atoms with van der Waals surface area (Å²) in [7, 11) is 1.95. The Hall–Kier alpha value is -0.690. The van der Waals surface area contributed by atoms with E-state index >= 15 is 0 Å². The summed E-state index contributed by atoms with van der Waals surface area (Å²) in [5.41, 5.74) is 1.45. The van der Waals surface area contributed by atoms with E-state index in [1.807, 2.05) is 13.1 Å². The molecule has 4 nitrogen and oxygen atoms in total. The Morgan fingerprint density at radius 2 is 2.06 bits per heavy atom. The summed E-state index contributed by atoms with van der Waals surface area (Å²) in [5, 5.41) is 14.0. The third kappa shape index (κ3) is 3.91. The van der Waals surface area contributed by atoms with Crippen LogP contribution in [-0.2, 0) is 6.42 Å². The van der Waals surface area contributed by atoms with Crippen molar-refractivity contribution in [3.8, 4) is 0 Å². The molecule has 100 valence electrons. The Labute approximate surface area is 121 Å². The highest BCUT2D eigenvalue weighted by Gasteiger charge is 2.24. The van der Waals surface area contributed by atoms with Gasteiger partial charge in [0.15, 0.2) is 0 Å². The predicted molar refractivity (Wildman–Crippen MR) is 81.8 cm³/mol. The second-order valence-corrected chi connectivity index (χ2v) is 6.61. The van der Waals surface area contributed by atoms with Gasteiger partial charge in [-0.15, -0.1) is 0 Å². The molecule has 0 saturated heterocycles. The fourth-order valence-electron chi connectivity index (χ4n) is 1.88. The molecule has 1 unspecified atom stereocenters. The van der Waals surface area contributed by atoms with Crippen LogP contribution in [0.3, 0.4) is 0 Å². The van der Waals surface area contributed by atoms with Crippen LogP contribution < -0.4 is 5.32 Å². The van der Waals surface area contributed by atoms with Crippen LogP contribution >= 0.6 is 22.6 Å². The first-order valence-electron chi connectivity index (χ1n) is 5.85. The Kier molecular flexibility index (Phi) is 5.10. The quantitative estimate of drug-likeness (QED) is 0.508. The number of halogens is 1. The van der Waals surface area contributed by atoms with Gasteiger partial charge in [-0.05, 0) is 47.0 Å². The molecule has 1 rings (SSSR count). The van der Waals surface area contributed by atoms with Gasteiger partial charge in [0, 0.05) is 21.7 Å². The summed E-state index contributed by atoms with van der Waals surface area (Å²) in [4.78, 5) is 10.3. The van der Waals surface area contributed by atoms with Crippen molar-refractivity contribution in [3.63, 3.8) is 0 Å². The molecule has 0 aliphatic rings. The number of nitrogens with one attached hydrogen (secondary N) is 1. The molecule has 0 heterocycles. The molecule has 0 fully saturated rings. The highest BCUT2D eigenvalue weighted by atomic mass is 127. The molecule has 0 aliphatic carbocycles. The number of likely N-dealkylation sites (N-methyl/N-ethyl adjacent to an activating group) is 1. The fraction of sp³-hybridized carbons (Fsp3) is 0.538. The van der Waals surface area contributed by atoms with E-state index in [0.717, 1.165) is 15.6 Å². The van der Waals surface area contributed by atoms with Crippen LogP contribution in [0.5, 0.6) is 0 Å². The number of nitro groups is 1. The summed E-state index contributed by atoms with van der Waals surface area (Å²) < 4.78 is 0.950. The van der Waals surface area contributed by atoms with Crippen molar-refractivity contribution in [1.82, 2.24) is 5.32 Å². The van der Waals surface area contributed by atoms with E-state index in [4.69, 9.17) is 0 Å². The van der Waals surface area contributed by atoms with Crippen LogP contribution in [0.2, 0.25) is 0 Å². The number of hydrogen-bond acceptors (Lipinski definition) is 3. The minimum Gasteiger partial charge on any atom is -0.316 e. The third-order valence-corrected chi connectivity index (χ3v) is 4.07. The van der Waals surface area contributed by atoms with Crippen molar-refractivity contribution < 1.29 is 4.92 Å². The lowest BCUT2D eigenvalue weighted by Gasteiger charge is -2.30. The van der Waals surface area contributed by atoms with Crippen molar-refractivity contribution in [2.45, 2.75) is 33.2 Å². The zero-order chi connectivity index (χ0) is 13.9. The fourth-order valence-corrected chi connectivity index (χ4v) is 2.60. The van der Waals surface area contributed by atoms with Crippen LogP contribution in [0.4, 0.5) is 5.69 Å². The van der Waals surface area contributed by atoms with Crippen molar-refractivity contribution in [2.75, 3.05) is 7.05 Å². The molecular formula is C13H19IN2O2. The molecule has 1 aromatic rings. The molecule has 5 heteroatoms. The van der Waals surface area contributed by atoms with Gasteiger partial charge in [-0.3, -0.25) is 10.1 Å². The topological polar surface area (TPSA) is 55.2 Å². The highest BCUT2D eigenvalue weighted by molar-refractivity contribution is 14.1. The molecule has 0 aromatic heterocycles. The number of benzene rings is 1. The monoisotopic (exact) mass is 362 g/mol. The first-order valence-corrected chi connectivity index (χ1v) is 6.93. The standard InChI is InChI=1S/C13H19IN2O2/c1-13(2,3)12(15-4)7-9-5-6-10(16(17)18)8-11(9)14/h5-6,8,12,15H,7H2,1-4H3. The number of rotatable bonds is 4. The Balaban J connectivity index is 2.95. The normalized spacial score (nSPS) is 13.4. The van der Waals surface area contributed by atoms with Crippen molar-refractivity contribution >= 4 is 28.3 Å². The second-order valence-electron chi connectivity index (χ2n) is 5.44. The zero-order valence-corrected chi connectivity index (χ0v) is 13.3. The van der Waals surface area contributed by atoms with Crippen LogP contribution in [0.1, 0.15) is 26.3 Å². The molecule has 0 saturated carbocycles. The van der Waals surface area contributed by atoms with Gasteiger partial charge in [0.05, 0.1) is 4.92 Å². The van der Waals surface area contributed by atoms with Crippen molar-refractivity contribution in [3.05, 3.63) is 37.4 Å². The molecule has 0 spiro atoms. The van der Waals surface area contributed by atoms with Gasteiger partial charge in [0.1, 0.15) is 0 Å². The summed E-state index contributed by atoms with van der Waals surface area (Å²) >= 11 is 2.16. The average Bonchev–Trinajstić information content (AvgIpc) is 2.25. The van der Waals surface area contributed by atoms with E-state index in [9.17, 15) is 10.1 Å². The third-order valence-electron chi connectivity index (χ3n) is 3.07. The van der Waals surface area contributed by atoms with Crippen LogP contribution in [0.15, 0.2) is 18.2 Å². The highest BCUT2D eigenvalue weighted by Crippen LogP contribution is 2.26. The van der Waals surface area contributed by atoms with E-state index in [0.29, 0.717) is 6.04 Å². The molecule has 0 radical (unpaired) electrons. The van der Waals surface area contributed by atoms with Crippen LogP contribution in [-0.4, -0.2) is 18.0 Å². The predicted octanol–water partition coefficient (Wildman–Crippen LogP) is 3.38. The van der Waals surface area contributed by atoms with Crippen molar-refractivity contribution in [2.24, 2.45) is 5.41 Å². The Morgan fingerprint density at radius 1 is 1.44 bits per heavy atom. The SMILES string of the molecule is CNC(Cc1ccc([N+](=O)[O-])cc1I)C(C)(C)C. The number of nitro benzene ring substituents is 1. The van der Waals surface area contributed by atoms with Crippen LogP contribution in [0.25, 0.3) is 0 Å². The molecule has 0 amide bonds. The molecular weight excluding hydrogens is 343 g/mol. The first kappa shape index (κ1) is 15.4. The lowest BCUT2D eigenvalue weighted by molar-refractivity contribution is -0.385. The van der Waals surface area contributed by atoms with Gasteiger partial charge < -0.3 is 5.32 Å². The number of nitrogens with zero attached hydrogens (tertiary/aromatic N) is 1. The molecule has 0 bridgehead atoms. The van der Waals surface area contributed by atoms with E-state index in [1.165, 1.54) is 0 Å². The smallest absolute Gasteiger partial charge is 0.270 e. The summed E-state index contributed by atoms with van der Waals surface area (Å²) in [6, 6.07) is 5.40. The maximum Gasteiger partial charge on any atom is 0.270 e. The van der Waals surface area contributed by atoms with E-state index < -0.39 is 0 Å². The maximum atomic E-state index is 10.7. The molecule has 18 heavy (non-hydrogen) atoms. The summed E-state index contributed by atoms with van der Waals surface area (Å²) in [6.45, 7) is 6.56. The van der Waals surface area contributed by atoms with Gasteiger partial charge >= 0.3 is 0 Å². The number of non-ortho nitro benzene ring substituents is 1. The van der Waals surface area contributed by atoms with Gasteiger partial charge in [-0.2, -0.15) is 0 Å². The maximum absolute atomic E-state index is 10.7. The summed E-state index contributed by atoms with van der Waals surface area (Å²) in [5.74, 6) is 0. The largest absolute Gasteiger partial charge is 0.316 e. The minimum atomic E-state index is -0.356. The average molecular weight is 362 g/mol. The van der Waals surface area contributed by atoms with Gasteiger partial charge in [-0.25, -0.2) is 0 Å². The summed E-state index contributed by atoms with van der Waals surface area (Å²) in [6.07, 6.45) is 0.871. The Bertz CT molecular complexity index is 441. The zero-order valence-electron chi connectivity index (χ0n) is 11.2. The van der Waals surface area contributed by atoms with E-state index in [1.54, 1.807) is 12.1 Å². The van der Waals surface area contributed by atoms with Gasteiger partial charge in [0.25, 0.3) is 5.69 Å². The van der Waals surface area contributed by atoms with Gasteiger partial charge in [0.2, 0.25) is 0 Å². The van der Waals surface area contributed by atoms with Crippen molar-refractivity contribution in [1.29, 1.82) is 0 Å². The van der Waals surface area contributed by atoms with Gasteiger partial charge in [-0.1, -0.05) is 26.8 Å². The molecule has 1 aromatic carbocycles. The first-order chi connectivity index (χ1) is 8.25. The Morgan fingerprint density at radius 3 is 2.44 bits per heavy atom. The molecule has 1 atom stereocenters. The molecule has 1 N–H and O–H groups in total. The lowest BCUT2D eigenvalue weighted by atomic mass is 9.83. The van der Waals surface area contributed by atoms with Crippen LogP contribution in [0, 0.1) is 19.1 Å². The second kappa shape index (κ2) is 5.97. The number of hydrogen-bond donors (Lipinski definition) is 1. The van der Waals surface area contributed by atoms with E-state index in [-0.39, 0.29) is 16.0 Å². The minimum absolute atomic E-state index is 0.152. The molecule has 0 aliphatic heterocycles.